The number of halogens is 4. The van der Waals surface area contributed by atoms with Gasteiger partial charge in [0.15, 0.2) is 5.75 Å². The maximum atomic E-state index is 12.2. The lowest BCUT2D eigenvalue weighted by atomic mass is 10.2. The number of amides is 1. The molecule has 0 aromatic heterocycles. The first-order valence-corrected chi connectivity index (χ1v) is 6.52. The fraction of sp³-hybridized carbons (Fsp3) is 0.333. The van der Waals surface area contributed by atoms with Crippen LogP contribution in [0.25, 0.3) is 0 Å². The van der Waals surface area contributed by atoms with Crippen molar-refractivity contribution in [3.63, 3.8) is 0 Å². The van der Waals surface area contributed by atoms with Gasteiger partial charge in [0, 0.05) is 5.69 Å². The highest BCUT2D eigenvalue weighted by Gasteiger charge is 2.48. The van der Waals surface area contributed by atoms with E-state index in [0.29, 0.717) is 0 Å². The number of hydrogen-bond donors (Lipinski definition) is 2. The van der Waals surface area contributed by atoms with Gasteiger partial charge in [-0.25, -0.2) is 0 Å². The van der Waals surface area contributed by atoms with E-state index in [-0.39, 0.29) is 27.9 Å². The molecule has 2 atom stereocenters. The molecule has 0 heterocycles. The third kappa shape index (κ3) is 3.74. The Morgan fingerprint density at radius 3 is 2.29 bits per heavy atom. The fourth-order valence-corrected chi connectivity index (χ4v) is 2.40. The molecule has 1 aromatic rings. The van der Waals surface area contributed by atoms with Gasteiger partial charge in [-0.3, -0.25) is 9.59 Å². The lowest BCUT2D eigenvalue weighted by Gasteiger charge is -2.11. The number of hydrogen-bond acceptors (Lipinski definition) is 3. The molecule has 0 spiro atoms. The molecule has 9 heteroatoms. The summed E-state index contributed by atoms with van der Waals surface area (Å²) in [7, 11) is 0. The van der Waals surface area contributed by atoms with E-state index in [1.807, 2.05) is 0 Å². The lowest BCUT2D eigenvalue weighted by Crippen LogP contribution is -2.17. The Kier molecular flexibility index (Phi) is 4.53. The Morgan fingerprint density at radius 2 is 1.86 bits per heavy atom. The Morgan fingerprint density at radius 1 is 1.29 bits per heavy atom. The Labute approximate surface area is 127 Å². The number of carbonyl (C=O) groups excluding carboxylic acids is 1. The van der Waals surface area contributed by atoms with Crippen LogP contribution < -0.4 is 10.1 Å². The molecule has 2 N–H and O–H groups in total. The third-order valence-corrected chi connectivity index (χ3v) is 3.48. The standard InChI is InChI=1S/C12H9Cl2F2NO4/c13-7-1-4(2-8(14)9(7)21-12(15)16)17-10(18)5-3-6(5)11(19)20/h1-2,5-6,12H,3H2,(H,17,18)(H,19,20). The van der Waals surface area contributed by atoms with Crippen LogP contribution in [-0.2, 0) is 9.59 Å². The first-order valence-electron chi connectivity index (χ1n) is 5.77. The Bertz CT molecular complexity index is 574. The molecule has 2 rings (SSSR count). The molecule has 1 aliphatic carbocycles. The van der Waals surface area contributed by atoms with Crippen molar-refractivity contribution in [2.24, 2.45) is 11.8 Å². The second-order valence-corrected chi connectivity index (χ2v) is 5.24. The number of alkyl halides is 2. The molecular weight excluding hydrogens is 331 g/mol. The highest BCUT2D eigenvalue weighted by molar-refractivity contribution is 6.37. The Hall–Kier alpha value is -1.60. The summed E-state index contributed by atoms with van der Waals surface area (Å²) in [5.74, 6) is -3.22. The summed E-state index contributed by atoms with van der Waals surface area (Å²) in [5.41, 5.74) is 0.174. The largest absolute Gasteiger partial charge is 0.481 e. The van der Waals surface area contributed by atoms with Crippen molar-refractivity contribution in [1.82, 2.24) is 0 Å². The van der Waals surface area contributed by atoms with E-state index in [1.54, 1.807) is 0 Å². The predicted octanol–water partition coefficient (Wildman–Crippen LogP) is 3.25. The van der Waals surface area contributed by atoms with Gasteiger partial charge in [0.2, 0.25) is 5.91 Å². The Balaban J connectivity index is 2.08. The molecule has 2 unspecified atom stereocenters. The van der Waals surface area contributed by atoms with E-state index in [4.69, 9.17) is 28.3 Å². The van der Waals surface area contributed by atoms with Gasteiger partial charge in [-0.2, -0.15) is 8.78 Å². The summed E-state index contributed by atoms with van der Waals surface area (Å²) in [6.07, 6.45) is 0.259. The quantitative estimate of drug-likeness (QED) is 0.863. The molecular formula is C12H9Cl2F2NO4. The average molecular weight is 340 g/mol. The summed E-state index contributed by atoms with van der Waals surface area (Å²) in [6.45, 7) is -3.08. The molecule has 0 bridgehead atoms. The van der Waals surface area contributed by atoms with Crippen LogP contribution in [-0.4, -0.2) is 23.6 Å². The molecule has 114 valence electrons. The van der Waals surface area contributed by atoms with Crippen molar-refractivity contribution in [1.29, 1.82) is 0 Å². The van der Waals surface area contributed by atoms with Crippen LogP contribution in [0.2, 0.25) is 10.0 Å². The molecule has 1 aromatic carbocycles. The van der Waals surface area contributed by atoms with Crippen LogP contribution in [0.3, 0.4) is 0 Å². The molecule has 0 radical (unpaired) electrons. The minimum atomic E-state index is -3.08. The minimum Gasteiger partial charge on any atom is -0.481 e. The number of carbonyl (C=O) groups is 2. The monoisotopic (exact) mass is 339 g/mol. The van der Waals surface area contributed by atoms with Gasteiger partial charge in [0.05, 0.1) is 21.9 Å². The molecule has 0 saturated heterocycles. The zero-order valence-electron chi connectivity index (χ0n) is 10.3. The zero-order chi connectivity index (χ0) is 15.7. The van der Waals surface area contributed by atoms with Gasteiger partial charge in [-0.05, 0) is 18.6 Å². The van der Waals surface area contributed by atoms with E-state index in [2.05, 4.69) is 10.1 Å². The third-order valence-electron chi connectivity index (χ3n) is 2.92. The van der Waals surface area contributed by atoms with Crippen LogP contribution >= 0.6 is 23.2 Å². The predicted molar refractivity (Wildman–Crippen MR) is 71.0 cm³/mol. The van der Waals surface area contributed by atoms with Crippen molar-refractivity contribution in [3.05, 3.63) is 22.2 Å². The van der Waals surface area contributed by atoms with Crippen molar-refractivity contribution >= 4 is 40.8 Å². The number of carboxylic acids is 1. The van der Waals surface area contributed by atoms with Crippen molar-refractivity contribution in [2.75, 3.05) is 5.32 Å². The fourth-order valence-electron chi connectivity index (χ4n) is 1.83. The summed E-state index contributed by atoms with van der Waals surface area (Å²) in [5, 5.41) is 10.8. The van der Waals surface area contributed by atoms with E-state index in [9.17, 15) is 18.4 Å². The van der Waals surface area contributed by atoms with E-state index in [0.717, 1.165) is 0 Å². The zero-order valence-corrected chi connectivity index (χ0v) is 11.8. The number of rotatable bonds is 5. The number of aliphatic carboxylic acids is 1. The molecule has 5 nitrogen and oxygen atoms in total. The van der Waals surface area contributed by atoms with Crippen LogP contribution in [0.1, 0.15) is 6.42 Å². The molecule has 1 aliphatic rings. The van der Waals surface area contributed by atoms with Crippen LogP contribution in [0, 0.1) is 11.8 Å². The minimum absolute atomic E-state index is 0.174. The lowest BCUT2D eigenvalue weighted by molar-refractivity contribution is -0.139. The van der Waals surface area contributed by atoms with Crippen LogP contribution in [0.5, 0.6) is 5.75 Å². The summed E-state index contributed by atoms with van der Waals surface area (Å²) < 4.78 is 28.5. The van der Waals surface area contributed by atoms with Crippen LogP contribution in [0.15, 0.2) is 12.1 Å². The summed E-state index contributed by atoms with van der Waals surface area (Å²) >= 11 is 11.5. The van der Waals surface area contributed by atoms with Gasteiger partial charge in [-0.1, -0.05) is 23.2 Å². The van der Waals surface area contributed by atoms with E-state index >= 15 is 0 Å². The summed E-state index contributed by atoms with van der Waals surface area (Å²) in [4.78, 5) is 22.4. The highest BCUT2D eigenvalue weighted by atomic mass is 35.5. The number of ether oxygens (including phenoxy) is 1. The number of carboxylic acid groups (broad SMARTS) is 1. The topological polar surface area (TPSA) is 75.6 Å². The SMILES string of the molecule is O=C(O)C1CC1C(=O)Nc1cc(Cl)c(OC(F)F)c(Cl)c1. The second-order valence-electron chi connectivity index (χ2n) is 4.42. The maximum Gasteiger partial charge on any atom is 0.387 e. The second kappa shape index (κ2) is 6.03. The normalized spacial score (nSPS) is 20.2. The van der Waals surface area contributed by atoms with Gasteiger partial charge in [0.25, 0.3) is 0 Å². The van der Waals surface area contributed by atoms with Gasteiger partial charge in [0.1, 0.15) is 0 Å². The molecule has 21 heavy (non-hydrogen) atoms. The first kappa shape index (κ1) is 15.8. The smallest absolute Gasteiger partial charge is 0.387 e. The first-order chi connectivity index (χ1) is 9.79. The summed E-state index contributed by atoms with van der Waals surface area (Å²) in [6, 6.07) is 2.39. The van der Waals surface area contributed by atoms with Crippen molar-refractivity contribution in [2.45, 2.75) is 13.0 Å². The average Bonchev–Trinajstić information content (AvgIpc) is 3.13. The maximum absolute atomic E-state index is 12.2. The highest BCUT2D eigenvalue weighted by Crippen LogP contribution is 2.41. The number of benzene rings is 1. The van der Waals surface area contributed by atoms with E-state index in [1.165, 1.54) is 12.1 Å². The molecule has 0 aliphatic heterocycles. The van der Waals surface area contributed by atoms with Gasteiger partial charge in [-0.15, -0.1) is 0 Å². The van der Waals surface area contributed by atoms with Gasteiger partial charge >= 0.3 is 12.6 Å². The van der Waals surface area contributed by atoms with Crippen molar-refractivity contribution in [3.8, 4) is 5.75 Å². The molecule has 1 fully saturated rings. The molecule has 1 saturated carbocycles. The number of nitrogens with one attached hydrogen (secondary N) is 1. The van der Waals surface area contributed by atoms with Gasteiger partial charge < -0.3 is 15.2 Å². The number of anilines is 1. The van der Waals surface area contributed by atoms with E-state index < -0.39 is 30.3 Å². The van der Waals surface area contributed by atoms with Crippen molar-refractivity contribution < 1.29 is 28.2 Å². The molecule has 1 amide bonds. The van der Waals surface area contributed by atoms with Crippen LogP contribution in [0.4, 0.5) is 14.5 Å².